The van der Waals surface area contributed by atoms with Gasteiger partial charge < -0.3 is 10.4 Å². The van der Waals surface area contributed by atoms with Crippen LogP contribution in [0.25, 0.3) is 10.6 Å². The zero-order chi connectivity index (χ0) is 15.5. The van der Waals surface area contributed by atoms with Crippen LogP contribution in [0.5, 0.6) is 5.75 Å². The first-order chi connectivity index (χ1) is 10.6. The lowest BCUT2D eigenvalue weighted by atomic mass is 10.2. The Labute approximate surface area is 136 Å². The second kappa shape index (κ2) is 6.17. The summed E-state index contributed by atoms with van der Waals surface area (Å²) >= 11 is 7.32. The summed E-state index contributed by atoms with van der Waals surface area (Å²) in [6.45, 7) is 0. The van der Waals surface area contributed by atoms with Gasteiger partial charge in [0, 0.05) is 16.0 Å². The lowest BCUT2D eigenvalue weighted by Crippen LogP contribution is -2.12. The molecule has 2 aromatic carbocycles. The molecule has 0 spiro atoms. The molecule has 110 valence electrons. The number of amides is 1. The van der Waals surface area contributed by atoms with Gasteiger partial charge in [0.15, 0.2) is 0 Å². The number of aromatic hydroxyl groups is 1. The molecule has 0 saturated heterocycles. The number of thiazole rings is 1. The summed E-state index contributed by atoms with van der Waals surface area (Å²) in [5.41, 5.74) is 1.51. The number of hydrogen-bond donors (Lipinski definition) is 2. The van der Waals surface area contributed by atoms with Gasteiger partial charge in [-0.15, -0.1) is 11.3 Å². The van der Waals surface area contributed by atoms with Crippen LogP contribution in [-0.2, 0) is 0 Å². The second-order valence-corrected chi connectivity index (χ2v) is 5.81. The molecule has 1 heterocycles. The zero-order valence-corrected chi connectivity index (χ0v) is 12.9. The highest BCUT2D eigenvalue weighted by Gasteiger charge is 2.13. The van der Waals surface area contributed by atoms with E-state index in [0.29, 0.717) is 21.4 Å². The highest BCUT2D eigenvalue weighted by molar-refractivity contribution is 7.13. The van der Waals surface area contributed by atoms with Crippen molar-refractivity contribution in [2.75, 3.05) is 5.32 Å². The minimum Gasteiger partial charge on any atom is -0.506 e. The van der Waals surface area contributed by atoms with E-state index in [-0.39, 0.29) is 11.7 Å². The average Bonchev–Trinajstić information content (AvgIpc) is 2.99. The molecule has 0 aliphatic heterocycles. The number of para-hydroxylation sites is 2. The standard InChI is InChI=1S/C16H11ClN2O2S/c17-11-5-3-4-10(8-11)16-19-13(9-22-16)15(21)18-12-6-1-2-7-14(12)20/h1-9,20H,(H,18,21). The van der Waals surface area contributed by atoms with Crippen molar-refractivity contribution >= 4 is 34.5 Å². The van der Waals surface area contributed by atoms with E-state index in [9.17, 15) is 9.90 Å². The van der Waals surface area contributed by atoms with Crippen LogP contribution in [0.3, 0.4) is 0 Å². The number of halogens is 1. The molecular formula is C16H11ClN2O2S. The summed E-state index contributed by atoms with van der Waals surface area (Å²) in [5, 5.41) is 15.3. The molecule has 0 bridgehead atoms. The van der Waals surface area contributed by atoms with Gasteiger partial charge in [-0.2, -0.15) is 0 Å². The summed E-state index contributed by atoms with van der Waals surface area (Å²) in [6, 6.07) is 13.8. The molecule has 4 nitrogen and oxygen atoms in total. The van der Waals surface area contributed by atoms with Gasteiger partial charge in [0.25, 0.3) is 5.91 Å². The number of nitrogens with zero attached hydrogens (tertiary/aromatic N) is 1. The van der Waals surface area contributed by atoms with E-state index < -0.39 is 0 Å². The molecule has 1 aromatic heterocycles. The number of anilines is 1. The van der Waals surface area contributed by atoms with Crippen molar-refractivity contribution < 1.29 is 9.90 Å². The largest absolute Gasteiger partial charge is 0.506 e. The molecule has 0 fully saturated rings. The number of rotatable bonds is 3. The highest BCUT2D eigenvalue weighted by atomic mass is 35.5. The van der Waals surface area contributed by atoms with E-state index in [1.165, 1.54) is 17.4 Å². The zero-order valence-electron chi connectivity index (χ0n) is 11.3. The van der Waals surface area contributed by atoms with Gasteiger partial charge in [-0.05, 0) is 24.3 Å². The maximum absolute atomic E-state index is 12.2. The van der Waals surface area contributed by atoms with E-state index in [4.69, 9.17) is 11.6 Å². The molecule has 0 atom stereocenters. The van der Waals surface area contributed by atoms with E-state index in [2.05, 4.69) is 10.3 Å². The Morgan fingerprint density at radius 1 is 1.18 bits per heavy atom. The van der Waals surface area contributed by atoms with Crippen LogP contribution in [0, 0.1) is 0 Å². The number of phenols is 1. The first-order valence-electron chi connectivity index (χ1n) is 6.44. The molecule has 2 N–H and O–H groups in total. The minimum absolute atomic E-state index is 0.0149. The van der Waals surface area contributed by atoms with E-state index in [1.54, 1.807) is 35.7 Å². The Balaban J connectivity index is 1.82. The van der Waals surface area contributed by atoms with E-state index >= 15 is 0 Å². The Morgan fingerprint density at radius 3 is 2.77 bits per heavy atom. The van der Waals surface area contributed by atoms with Gasteiger partial charge in [-0.1, -0.05) is 35.9 Å². The Hall–Kier alpha value is -2.37. The van der Waals surface area contributed by atoms with Crippen LogP contribution >= 0.6 is 22.9 Å². The lowest BCUT2D eigenvalue weighted by Gasteiger charge is -2.04. The van der Waals surface area contributed by atoms with Crippen molar-refractivity contribution in [2.45, 2.75) is 0 Å². The van der Waals surface area contributed by atoms with Crippen molar-refractivity contribution in [3.8, 4) is 16.3 Å². The first-order valence-corrected chi connectivity index (χ1v) is 7.70. The van der Waals surface area contributed by atoms with Crippen molar-refractivity contribution in [3.05, 3.63) is 64.6 Å². The van der Waals surface area contributed by atoms with Crippen LogP contribution < -0.4 is 5.32 Å². The third kappa shape index (κ3) is 3.10. The smallest absolute Gasteiger partial charge is 0.275 e. The van der Waals surface area contributed by atoms with Crippen LogP contribution in [-0.4, -0.2) is 16.0 Å². The van der Waals surface area contributed by atoms with E-state index in [1.807, 2.05) is 12.1 Å². The van der Waals surface area contributed by atoms with Gasteiger partial charge >= 0.3 is 0 Å². The fourth-order valence-corrected chi connectivity index (χ4v) is 2.89. The first kappa shape index (κ1) is 14.6. The molecule has 0 saturated carbocycles. The third-order valence-corrected chi connectivity index (χ3v) is 4.09. The summed E-state index contributed by atoms with van der Waals surface area (Å²) in [5.74, 6) is -0.354. The predicted molar refractivity (Wildman–Crippen MR) is 88.6 cm³/mol. The van der Waals surface area contributed by atoms with Gasteiger partial charge in [0.05, 0.1) is 5.69 Å². The summed E-state index contributed by atoms with van der Waals surface area (Å²) < 4.78 is 0. The Bertz CT molecular complexity index is 832. The predicted octanol–water partition coefficient (Wildman–Crippen LogP) is 4.42. The number of hydrogen-bond acceptors (Lipinski definition) is 4. The Kier molecular flexibility index (Phi) is 4.09. The fraction of sp³-hybridized carbons (Fsp3) is 0. The van der Waals surface area contributed by atoms with Crippen LogP contribution in [0.1, 0.15) is 10.5 Å². The molecule has 1 amide bonds. The molecule has 0 unspecified atom stereocenters. The number of benzene rings is 2. The summed E-state index contributed by atoms with van der Waals surface area (Å²) in [7, 11) is 0. The number of carbonyl (C=O) groups is 1. The molecule has 0 aliphatic carbocycles. The van der Waals surface area contributed by atoms with Crippen molar-refractivity contribution in [1.29, 1.82) is 0 Å². The highest BCUT2D eigenvalue weighted by Crippen LogP contribution is 2.27. The third-order valence-electron chi connectivity index (χ3n) is 2.96. The topological polar surface area (TPSA) is 62.2 Å². The molecule has 6 heteroatoms. The van der Waals surface area contributed by atoms with Crippen molar-refractivity contribution in [2.24, 2.45) is 0 Å². The number of phenolic OH excluding ortho intramolecular Hbond substituents is 1. The Morgan fingerprint density at radius 2 is 2.00 bits per heavy atom. The molecule has 22 heavy (non-hydrogen) atoms. The van der Waals surface area contributed by atoms with Gasteiger partial charge in [-0.3, -0.25) is 4.79 Å². The number of aromatic nitrogens is 1. The van der Waals surface area contributed by atoms with Crippen LogP contribution in [0.2, 0.25) is 5.02 Å². The molecule has 3 aromatic rings. The van der Waals surface area contributed by atoms with Crippen molar-refractivity contribution in [3.63, 3.8) is 0 Å². The average molecular weight is 331 g/mol. The van der Waals surface area contributed by atoms with E-state index in [0.717, 1.165) is 5.56 Å². The fourth-order valence-electron chi connectivity index (χ4n) is 1.90. The SMILES string of the molecule is O=C(Nc1ccccc1O)c1csc(-c2cccc(Cl)c2)n1. The van der Waals surface area contributed by atoms with Gasteiger partial charge in [0.2, 0.25) is 0 Å². The maximum atomic E-state index is 12.2. The molecule has 0 aliphatic rings. The quantitative estimate of drug-likeness (QED) is 0.699. The van der Waals surface area contributed by atoms with Crippen molar-refractivity contribution in [1.82, 2.24) is 4.98 Å². The monoisotopic (exact) mass is 330 g/mol. The lowest BCUT2D eigenvalue weighted by molar-refractivity contribution is 0.102. The van der Waals surface area contributed by atoms with Crippen LogP contribution in [0.15, 0.2) is 53.9 Å². The number of nitrogens with one attached hydrogen (secondary N) is 1. The molecule has 0 radical (unpaired) electrons. The number of carbonyl (C=O) groups excluding carboxylic acids is 1. The molecule has 3 rings (SSSR count). The summed E-state index contributed by atoms with van der Waals surface area (Å²) in [4.78, 5) is 16.5. The summed E-state index contributed by atoms with van der Waals surface area (Å²) in [6.07, 6.45) is 0. The van der Waals surface area contributed by atoms with Crippen LogP contribution in [0.4, 0.5) is 5.69 Å². The van der Waals surface area contributed by atoms with Gasteiger partial charge in [0.1, 0.15) is 16.5 Å². The normalized spacial score (nSPS) is 10.4. The minimum atomic E-state index is -0.369. The molecular weight excluding hydrogens is 320 g/mol. The van der Waals surface area contributed by atoms with Gasteiger partial charge in [-0.25, -0.2) is 4.98 Å². The maximum Gasteiger partial charge on any atom is 0.275 e. The second-order valence-electron chi connectivity index (χ2n) is 4.52.